The van der Waals surface area contributed by atoms with Crippen LogP contribution in [0.5, 0.6) is 11.5 Å². The molecule has 0 aliphatic heterocycles. The fraction of sp³-hybridized carbons (Fsp3) is 0.524. The zero-order valence-corrected chi connectivity index (χ0v) is 18.1. The third kappa shape index (κ3) is 3.65. The first-order valence-corrected chi connectivity index (χ1v) is 10.2. The molecule has 2 heterocycles. The van der Waals surface area contributed by atoms with Crippen molar-refractivity contribution < 1.29 is 14.2 Å². The molecular formula is C21H28N4O5. The lowest BCUT2D eigenvalue weighted by Crippen LogP contribution is -2.38. The minimum Gasteiger partial charge on any atom is -0.493 e. The molecule has 0 fully saturated rings. The van der Waals surface area contributed by atoms with Gasteiger partial charge in [0.05, 0.1) is 25.1 Å². The number of H-pyrrole nitrogens is 1. The van der Waals surface area contributed by atoms with E-state index < -0.39 is 16.7 Å². The molecule has 9 nitrogen and oxygen atoms in total. The second-order valence-corrected chi connectivity index (χ2v) is 7.10. The Labute approximate surface area is 173 Å². The van der Waals surface area contributed by atoms with Crippen LogP contribution in [0.2, 0.25) is 0 Å². The first-order valence-electron chi connectivity index (χ1n) is 10.2. The van der Waals surface area contributed by atoms with Crippen LogP contribution in [0.25, 0.3) is 21.9 Å². The topological polar surface area (TPSA) is 108 Å². The van der Waals surface area contributed by atoms with Gasteiger partial charge in [-0.05, 0) is 25.8 Å². The van der Waals surface area contributed by atoms with Crippen LogP contribution >= 0.6 is 0 Å². The number of nitrogens with zero attached hydrogens (tertiary/aromatic N) is 3. The van der Waals surface area contributed by atoms with E-state index in [1.807, 2.05) is 20.8 Å². The van der Waals surface area contributed by atoms with Crippen LogP contribution in [-0.4, -0.2) is 40.8 Å². The van der Waals surface area contributed by atoms with Crippen LogP contribution in [-0.2, 0) is 10.5 Å². The molecule has 9 heteroatoms. The van der Waals surface area contributed by atoms with Crippen molar-refractivity contribution in [2.75, 3.05) is 20.8 Å². The average molecular weight is 416 g/mol. The van der Waals surface area contributed by atoms with Crippen molar-refractivity contribution in [2.45, 2.75) is 52.2 Å². The summed E-state index contributed by atoms with van der Waals surface area (Å²) >= 11 is 0. The average Bonchev–Trinajstić information content (AvgIpc) is 3.16. The number of ether oxygens (including phenoxy) is 3. The number of hydrogen-bond donors (Lipinski definition) is 1. The summed E-state index contributed by atoms with van der Waals surface area (Å²) in [6.45, 7) is 6.46. The number of hydrogen-bond acceptors (Lipinski definition) is 7. The fourth-order valence-corrected chi connectivity index (χ4v) is 3.85. The molecule has 30 heavy (non-hydrogen) atoms. The Balaban J connectivity index is 2.37. The first-order chi connectivity index (χ1) is 14.4. The van der Waals surface area contributed by atoms with Gasteiger partial charge in [0.25, 0.3) is 5.56 Å². The zero-order valence-electron chi connectivity index (χ0n) is 18.1. The molecule has 0 unspecified atom stereocenters. The minimum absolute atomic E-state index is 0.00486. The SMILES string of the molecule is CCCC(CCC)(OCC)n1nc2c(=O)[nH]c3cc(OC)c(OC)cc3c(=O)c2n1. The lowest BCUT2D eigenvalue weighted by Gasteiger charge is -2.32. The van der Waals surface area contributed by atoms with Gasteiger partial charge in [-0.25, -0.2) is 0 Å². The molecule has 1 aromatic carbocycles. The molecule has 0 aliphatic carbocycles. The zero-order chi connectivity index (χ0) is 21.9. The van der Waals surface area contributed by atoms with Gasteiger partial charge in [-0.3, -0.25) is 9.59 Å². The maximum Gasteiger partial charge on any atom is 0.278 e. The molecule has 2 aromatic heterocycles. The Kier molecular flexibility index (Phi) is 6.40. The smallest absolute Gasteiger partial charge is 0.278 e. The van der Waals surface area contributed by atoms with E-state index in [-0.39, 0.29) is 16.4 Å². The minimum atomic E-state index is -0.800. The fourth-order valence-electron chi connectivity index (χ4n) is 3.85. The largest absolute Gasteiger partial charge is 0.493 e. The van der Waals surface area contributed by atoms with E-state index in [0.717, 1.165) is 12.8 Å². The molecule has 3 rings (SSSR count). The standard InChI is InChI=1S/C21H28N4O5/c1-6-9-21(10-7-2,30-8-3)25-23-17-18(24-25)20(27)22-14-12-16(29-5)15(28-4)11-13(14)19(17)26/h11-12H,6-10H2,1-5H3,(H,22,27). The summed E-state index contributed by atoms with van der Waals surface area (Å²) in [5.74, 6) is 0.790. The Hall–Kier alpha value is -2.94. The summed E-state index contributed by atoms with van der Waals surface area (Å²) in [6, 6.07) is 3.10. The number of aromatic amines is 1. The van der Waals surface area contributed by atoms with E-state index in [1.165, 1.54) is 19.0 Å². The summed E-state index contributed by atoms with van der Waals surface area (Å²) in [5, 5.41) is 9.15. The summed E-state index contributed by atoms with van der Waals surface area (Å²) in [7, 11) is 2.97. The highest BCUT2D eigenvalue weighted by molar-refractivity contribution is 5.88. The lowest BCUT2D eigenvalue weighted by molar-refractivity contribution is -0.132. The maximum atomic E-state index is 13.3. The van der Waals surface area contributed by atoms with Crippen LogP contribution in [0.3, 0.4) is 0 Å². The second kappa shape index (κ2) is 8.83. The van der Waals surface area contributed by atoms with Crippen LogP contribution < -0.4 is 20.5 Å². The lowest BCUT2D eigenvalue weighted by atomic mass is 10.0. The van der Waals surface area contributed by atoms with E-state index in [0.29, 0.717) is 36.5 Å². The molecule has 0 saturated carbocycles. The number of methoxy groups -OCH3 is 2. The number of nitrogens with one attached hydrogen (secondary N) is 1. The molecule has 0 spiro atoms. The number of fused-ring (bicyclic) bond motifs is 2. The Morgan fingerprint density at radius 1 is 0.967 bits per heavy atom. The van der Waals surface area contributed by atoms with Crippen LogP contribution in [0.4, 0.5) is 0 Å². The van der Waals surface area contributed by atoms with Gasteiger partial charge in [0.2, 0.25) is 5.43 Å². The van der Waals surface area contributed by atoms with E-state index in [9.17, 15) is 9.59 Å². The van der Waals surface area contributed by atoms with E-state index >= 15 is 0 Å². The van der Waals surface area contributed by atoms with Gasteiger partial charge >= 0.3 is 0 Å². The Bertz CT molecular complexity index is 1150. The van der Waals surface area contributed by atoms with Crippen molar-refractivity contribution in [1.29, 1.82) is 0 Å². The second-order valence-electron chi connectivity index (χ2n) is 7.10. The third-order valence-electron chi connectivity index (χ3n) is 5.12. The van der Waals surface area contributed by atoms with Crippen molar-refractivity contribution in [3.8, 4) is 11.5 Å². The van der Waals surface area contributed by atoms with Gasteiger partial charge in [0.1, 0.15) is 0 Å². The highest BCUT2D eigenvalue weighted by Gasteiger charge is 2.34. The molecule has 0 aliphatic rings. The molecule has 0 atom stereocenters. The highest BCUT2D eigenvalue weighted by Crippen LogP contribution is 2.31. The molecule has 162 valence electrons. The molecule has 3 aromatic rings. The number of aromatic nitrogens is 4. The summed E-state index contributed by atoms with van der Waals surface area (Å²) in [6.07, 6.45) is 3.01. The van der Waals surface area contributed by atoms with Crippen molar-refractivity contribution in [3.63, 3.8) is 0 Å². The summed E-state index contributed by atoms with van der Waals surface area (Å²) in [4.78, 5) is 30.4. The summed E-state index contributed by atoms with van der Waals surface area (Å²) in [5.41, 5.74) is -1.42. The summed E-state index contributed by atoms with van der Waals surface area (Å²) < 4.78 is 16.7. The molecule has 0 radical (unpaired) electrons. The van der Waals surface area contributed by atoms with E-state index in [1.54, 1.807) is 12.1 Å². The van der Waals surface area contributed by atoms with Crippen LogP contribution in [0.15, 0.2) is 21.7 Å². The molecule has 0 saturated heterocycles. The van der Waals surface area contributed by atoms with E-state index in [4.69, 9.17) is 14.2 Å². The normalized spacial score (nSPS) is 11.9. The number of benzene rings is 1. The molecule has 0 bridgehead atoms. The number of rotatable bonds is 9. The maximum absolute atomic E-state index is 13.3. The van der Waals surface area contributed by atoms with Crippen LogP contribution in [0.1, 0.15) is 46.5 Å². The van der Waals surface area contributed by atoms with Gasteiger partial charge in [0, 0.05) is 12.7 Å². The molecule has 1 N–H and O–H groups in total. The predicted octanol–water partition coefficient (Wildman–Crippen LogP) is 2.94. The van der Waals surface area contributed by atoms with Crippen molar-refractivity contribution in [3.05, 3.63) is 32.7 Å². The van der Waals surface area contributed by atoms with Gasteiger partial charge in [-0.1, -0.05) is 26.7 Å². The van der Waals surface area contributed by atoms with Gasteiger partial charge in [0.15, 0.2) is 28.3 Å². The first kappa shape index (κ1) is 21.8. The van der Waals surface area contributed by atoms with Gasteiger partial charge in [-0.15, -0.1) is 10.2 Å². The Morgan fingerprint density at radius 3 is 2.13 bits per heavy atom. The van der Waals surface area contributed by atoms with Gasteiger partial charge in [-0.2, -0.15) is 4.80 Å². The Morgan fingerprint density at radius 2 is 1.57 bits per heavy atom. The third-order valence-corrected chi connectivity index (χ3v) is 5.12. The monoisotopic (exact) mass is 416 g/mol. The highest BCUT2D eigenvalue weighted by atomic mass is 16.5. The van der Waals surface area contributed by atoms with Gasteiger partial charge < -0.3 is 19.2 Å². The van der Waals surface area contributed by atoms with E-state index in [2.05, 4.69) is 15.2 Å². The van der Waals surface area contributed by atoms with Crippen molar-refractivity contribution >= 4 is 21.9 Å². The quantitative estimate of drug-likeness (QED) is 0.571. The molecular weight excluding hydrogens is 388 g/mol. The van der Waals surface area contributed by atoms with Crippen LogP contribution in [0, 0.1) is 0 Å². The molecule has 0 amide bonds. The van der Waals surface area contributed by atoms with Crippen molar-refractivity contribution in [2.24, 2.45) is 0 Å². The van der Waals surface area contributed by atoms with Crippen molar-refractivity contribution in [1.82, 2.24) is 20.0 Å². The predicted molar refractivity (Wildman–Crippen MR) is 114 cm³/mol.